The molecule has 0 aliphatic carbocycles. The molecular formula is C18H26N2O2. The number of likely N-dealkylation sites (tertiary alicyclic amines) is 1. The lowest BCUT2D eigenvalue weighted by Gasteiger charge is -2.38. The van der Waals surface area contributed by atoms with Crippen LogP contribution in [0.2, 0.25) is 0 Å². The molecule has 3 atom stereocenters. The van der Waals surface area contributed by atoms with Gasteiger partial charge < -0.3 is 15.0 Å². The van der Waals surface area contributed by atoms with Gasteiger partial charge in [-0.2, -0.15) is 0 Å². The van der Waals surface area contributed by atoms with Crippen LogP contribution < -0.4 is 5.32 Å². The van der Waals surface area contributed by atoms with Crippen LogP contribution in [-0.4, -0.2) is 43.6 Å². The van der Waals surface area contributed by atoms with Crippen LogP contribution >= 0.6 is 0 Å². The summed E-state index contributed by atoms with van der Waals surface area (Å²) in [6.07, 6.45) is 4.06. The molecule has 4 heteroatoms. The first kappa shape index (κ1) is 15.5. The summed E-state index contributed by atoms with van der Waals surface area (Å²) in [6, 6.07) is 10.6. The van der Waals surface area contributed by atoms with Crippen molar-refractivity contribution in [3.63, 3.8) is 0 Å². The molecule has 3 rings (SSSR count). The predicted molar refractivity (Wildman–Crippen MR) is 86.5 cm³/mol. The van der Waals surface area contributed by atoms with Crippen molar-refractivity contribution in [2.75, 3.05) is 26.7 Å². The van der Waals surface area contributed by atoms with Crippen LogP contribution in [0, 0.1) is 5.92 Å². The van der Waals surface area contributed by atoms with Gasteiger partial charge in [-0.25, -0.2) is 0 Å². The molecule has 1 aromatic rings. The predicted octanol–water partition coefficient (Wildman–Crippen LogP) is 2.36. The molecule has 2 saturated heterocycles. The van der Waals surface area contributed by atoms with Gasteiger partial charge in [0.25, 0.3) is 0 Å². The number of hydrogen-bond donors (Lipinski definition) is 1. The minimum absolute atomic E-state index is 0.0354. The van der Waals surface area contributed by atoms with Crippen molar-refractivity contribution < 1.29 is 9.53 Å². The highest BCUT2D eigenvalue weighted by molar-refractivity contribution is 5.80. The Labute approximate surface area is 132 Å². The quantitative estimate of drug-likeness (QED) is 0.932. The summed E-state index contributed by atoms with van der Waals surface area (Å²) in [7, 11) is 1.98. The molecule has 2 aliphatic heterocycles. The fourth-order valence-corrected chi connectivity index (χ4v) is 3.65. The molecule has 2 heterocycles. The van der Waals surface area contributed by atoms with Crippen molar-refractivity contribution in [3.05, 3.63) is 35.9 Å². The number of likely N-dealkylation sites (N-methyl/N-ethyl adjacent to an activating group) is 1. The van der Waals surface area contributed by atoms with Crippen LogP contribution in [0.1, 0.15) is 37.4 Å². The third-order valence-electron chi connectivity index (χ3n) is 4.91. The summed E-state index contributed by atoms with van der Waals surface area (Å²) in [5.74, 6) is 0.236. The van der Waals surface area contributed by atoms with E-state index < -0.39 is 0 Å². The Balaban J connectivity index is 1.74. The van der Waals surface area contributed by atoms with Crippen molar-refractivity contribution in [2.45, 2.75) is 37.8 Å². The molecule has 3 unspecified atom stereocenters. The molecular weight excluding hydrogens is 276 g/mol. The second-order valence-corrected chi connectivity index (χ2v) is 6.36. The molecule has 120 valence electrons. The second-order valence-electron chi connectivity index (χ2n) is 6.36. The number of nitrogens with one attached hydrogen (secondary N) is 1. The molecule has 1 N–H and O–H groups in total. The van der Waals surface area contributed by atoms with Gasteiger partial charge in [0.1, 0.15) is 0 Å². The van der Waals surface area contributed by atoms with Crippen LogP contribution in [0.3, 0.4) is 0 Å². The fourth-order valence-electron chi connectivity index (χ4n) is 3.65. The zero-order valence-corrected chi connectivity index (χ0v) is 13.3. The molecule has 2 fully saturated rings. The molecule has 22 heavy (non-hydrogen) atoms. The zero-order valence-electron chi connectivity index (χ0n) is 13.3. The summed E-state index contributed by atoms with van der Waals surface area (Å²) in [5, 5.41) is 3.31. The van der Waals surface area contributed by atoms with Crippen LogP contribution in [0.25, 0.3) is 0 Å². The summed E-state index contributed by atoms with van der Waals surface area (Å²) >= 11 is 0. The van der Waals surface area contributed by atoms with E-state index in [1.807, 2.05) is 30.1 Å². The number of rotatable bonds is 3. The number of amides is 1. The van der Waals surface area contributed by atoms with Gasteiger partial charge in [0.05, 0.1) is 12.0 Å². The number of piperidine rings is 1. The van der Waals surface area contributed by atoms with Gasteiger partial charge in [0, 0.05) is 25.7 Å². The van der Waals surface area contributed by atoms with Crippen LogP contribution in [-0.2, 0) is 9.53 Å². The van der Waals surface area contributed by atoms with Gasteiger partial charge in [-0.05, 0) is 38.3 Å². The van der Waals surface area contributed by atoms with E-state index in [-0.39, 0.29) is 17.9 Å². The summed E-state index contributed by atoms with van der Waals surface area (Å²) in [5.41, 5.74) is 1.13. The van der Waals surface area contributed by atoms with Crippen LogP contribution in [0.15, 0.2) is 30.3 Å². The maximum absolute atomic E-state index is 13.0. The standard InChI is InChI=1S/C18H26N2O2/c1-19-15-9-5-11-20(13-15)18(21)16-10-6-12-22-17(16)14-7-3-2-4-8-14/h2-4,7-8,15-17,19H,5-6,9-13H2,1H3. The number of ether oxygens (including phenoxy) is 1. The Morgan fingerprint density at radius 2 is 2.05 bits per heavy atom. The van der Waals surface area contributed by atoms with Crippen molar-refractivity contribution in [1.29, 1.82) is 0 Å². The van der Waals surface area contributed by atoms with Crippen molar-refractivity contribution >= 4 is 5.91 Å². The zero-order chi connectivity index (χ0) is 15.4. The largest absolute Gasteiger partial charge is 0.373 e. The SMILES string of the molecule is CNC1CCCN(C(=O)C2CCCOC2c2ccccc2)C1. The van der Waals surface area contributed by atoms with Gasteiger partial charge >= 0.3 is 0 Å². The molecule has 2 aliphatic rings. The van der Waals surface area contributed by atoms with Gasteiger partial charge in [-0.1, -0.05) is 30.3 Å². The highest BCUT2D eigenvalue weighted by Crippen LogP contribution is 2.35. The average Bonchev–Trinajstić information content (AvgIpc) is 2.62. The van der Waals surface area contributed by atoms with Crippen molar-refractivity contribution in [3.8, 4) is 0 Å². The Morgan fingerprint density at radius 1 is 1.23 bits per heavy atom. The molecule has 0 radical (unpaired) electrons. The van der Waals surface area contributed by atoms with E-state index in [9.17, 15) is 4.79 Å². The topological polar surface area (TPSA) is 41.6 Å². The average molecular weight is 302 g/mol. The van der Waals surface area contributed by atoms with Crippen LogP contribution in [0.5, 0.6) is 0 Å². The molecule has 0 saturated carbocycles. The van der Waals surface area contributed by atoms with Gasteiger partial charge in [0.2, 0.25) is 5.91 Å². The number of carbonyl (C=O) groups excluding carboxylic acids is 1. The highest BCUT2D eigenvalue weighted by Gasteiger charge is 2.36. The molecule has 1 amide bonds. The van der Waals surface area contributed by atoms with E-state index in [0.717, 1.165) is 50.9 Å². The molecule has 0 aromatic heterocycles. The smallest absolute Gasteiger partial charge is 0.228 e. The number of benzene rings is 1. The molecule has 4 nitrogen and oxygen atoms in total. The third-order valence-corrected chi connectivity index (χ3v) is 4.91. The maximum atomic E-state index is 13.0. The third kappa shape index (κ3) is 3.33. The Kier molecular flexibility index (Phi) is 5.11. The van der Waals surface area contributed by atoms with E-state index in [2.05, 4.69) is 17.4 Å². The minimum Gasteiger partial charge on any atom is -0.373 e. The Hall–Kier alpha value is -1.39. The molecule has 0 bridgehead atoms. The van der Waals surface area contributed by atoms with Gasteiger partial charge in [0.15, 0.2) is 0 Å². The van der Waals surface area contributed by atoms with Crippen LogP contribution in [0.4, 0.5) is 0 Å². The number of carbonyl (C=O) groups is 1. The lowest BCUT2D eigenvalue weighted by molar-refractivity contribution is -0.146. The Bertz CT molecular complexity index is 491. The first-order valence-electron chi connectivity index (χ1n) is 8.42. The van der Waals surface area contributed by atoms with Gasteiger partial charge in [-0.3, -0.25) is 4.79 Å². The normalized spacial score (nSPS) is 29.3. The van der Waals surface area contributed by atoms with Crippen molar-refractivity contribution in [1.82, 2.24) is 10.2 Å². The summed E-state index contributed by atoms with van der Waals surface area (Å²) in [6.45, 7) is 2.46. The first-order chi connectivity index (χ1) is 10.8. The van der Waals surface area contributed by atoms with E-state index in [1.165, 1.54) is 0 Å². The lowest BCUT2D eigenvalue weighted by atomic mass is 9.87. The number of nitrogens with zero attached hydrogens (tertiary/aromatic N) is 1. The first-order valence-corrected chi connectivity index (χ1v) is 8.42. The Morgan fingerprint density at radius 3 is 2.82 bits per heavy atom. The van der Waals surface area contributed by atoms with E-state index in [4.69, 9.17) is 4.74 Å². The molecule has 1 aromatic carbocycles. The number of hydrogen-bond acceptors (Lipinski definition) is 3. The second kappa shape index (κ2) is 7.25. The minimum atomic E-state index is -0.0857. The van der Waals surface area contributed by atoms with Crippen molar-refractivity contribution in [2.24, 2.45) is 5.92 Å². The van der Waals surface area contributed by atoms with E-state index in [0.29, 0.717) is 6.04 Å². The van der Waals surface area contributed by atoms with E-state index in [1.54, 1.807) is 0 Å². The fraction of sp³-hybridized carbons (Fsp3) is 0.611. The monoisotopic (exact) mass is 302 g/mol. The van der Waals surface area contributed by atoms with E-state index >= 15 is 0 Å². The highest BCUT2D eigenvalue weighted by atomic mass is 16.5. The molecule has 0 spiro atoms. The lowest BCUT2D eigenvalue weighted by Crippen LogP contribution is -2.50. The maximum Gasteiger partial charge on any atom is 0.228 e. The van der Waals surface area contributed by atoms with Gasteiger partial charge in [-0.15, -0.1) is 0 Å². The summed E-state index contributed by atoms with van der Waals surface area (Å²) < 4.78 is 5.98. The summed E-state index contributed by atoms with van der Waals surface area (Å²) in [4.78, 5) is 15.1.